The topological polar surface area (TPSA) is 29.5 Å². The Morgan fingerprint density at radius 1 is 1.27 bits per heavy atom. The van der Waals surface area contributed by atoms with E-state index in [9.17, 15) is 17.6 Å². The zero-order valence-electron chi connectivity index (χ0n) is 5.51. The van der Waals surface area contributed by atoms with Crippen LogP contribution >= 0.6 is 0 Å². The SMILES string of the molecule is OC(OCC(F)F)C(F)CF. The molecule has 0 rings (SSSR count). The molecule has 11 heavy (non-hydrogen) atoms. The molecule has 2 nitrogen and oxygen atoms in total. The van der Waals surface area contributed by atoms with Gasteiger partial charge in [0.2, 0.25) is 0 Å². The first-order valence-corrected chi connectivity index (χ1v) is 2.85. The Hall–Kier alpha value is -0.360. The lowest BCUT2D eigenvalue weighted by Gasteiger charge is -2.12. The van der Waals surface area contributed by atoms with Crippen LogP contribution in [0.3, 0.4) is 0 Å². The largest absolute Gasteiger partial charge is 0.366 e. The molecule has 0 aromatic carbocycles. The number of alkyl halides is 4. The maximum Gasteiger partial charge on any atom is 0.261 e. The molecule has 6 heteroatoms. The summed E-state index contributed by atoms with van der Waals surface area (Å²) in [7, 11) is 0. The van der Waals surface area contributed by atoms with Gasteiger partial charge in [0.25, 0.3) is 6.43 Å². The lowest BCUT2D eigenvalue weighted by Crippen LogP contribution is -2.28. The van der Waals surface area contributed by atoms with Crippen molar-refractivity contribution in [2.45, 2.75) is 18.9 Å². The molecule has 2 atom stereocenters. The maximum atomic E-state index is 12.0. The molecule has 0 aliphatic carbocycles. The summed E-state index contributed by atoms with van der Waals surface area (Å²) in [4.78, 5) is 0. The van der Waals surface area contributed by atoms with E-state index in [0.717, 1.165) is 0 Å². The highest BCUT2D eigenvalue weighted by Gasteiger charge is 2.19. The van der Waals surface area contributed by atoms with Gasteiger partial charge >= 0.3 is 0 Å². The third-order valence-corrected chi connectivity index (χ3v) is 0.850. The normalized spacial score (nSPS) is 16.9. The van der Waals surface area contributed by atoms with Gasteiger partial charge in [-0.05, 0) is 0 Å². The van der Waals surface area contributed by atoms with Gasteiger partial charge in [-0.1, -0.05) is 0 Å². The molecule has 0 spiro atoms. The second-order valence-corrected chi connectivity index (χ2v) is 1.79. The molecule has 2 unspecified atom stereocenters. The van der Waals surface area contributed by atoms with Crippen molar-refractivity contribution in [2.75, 3.05) is 13.3 Å². The molecule has 0 bridgehead atoms. The van der Waals surface area contributed by atoms with Crippen LogP contribution < -0.4 is 0 Å². The highest BCUT2D eigenvalue weighted by molar-refractivity contribution is 4.56. The number of aliphatic hydroxyl groups is 1. The van der Waals surface area contributed by atoms with E-state index in [4.69, 9.17) is 5.11 Å². The zero-order chi connectivity index (χ0) is 8.85. The van der Waals surface area contributed by atoms with Crippen LogP contribution in [-0.4, -0.2) is 37.3 Å². The van der Waals surface area contributed by atoms with Gasteiger partial charge in [-0.3, -0.25) is 0 Å². The molecule has 0 saturated heterocycles. The van der Waals surface area contributed by atoms with Crippen LogP contribution in [0.1, 0.15) is 0 Å². The van der Waals surface area contributed by atoms with Crippen molar-refractivity contribution in [1.29, 1.82) is 0 Å². The summed E-state index contributed by atoms with van der Waals surface area (Å²) in [5.41, 5.74) is 0. The summed E-state index contributed by atoms with van der Waals surface area (Å²) in [5, 5.41) is 8.40. The lowest BCUT2D eigenvalue weighted by molar-refractivity contribution is -0.163. The van der Waals surface area contributed by atoms with Gasteiger partial charge in [0.1, 0.15) is 13.3 Å². The van der Waals surface area contributed by atoms with E-state index < -0.39 is 32.2 Å². The Morgan fingerprint density at radius 2 is 1.82 bits per heavy atom. The second kappa shape index (κ2) is 5.31. The van der Waals surface area contributed by atoms with Gasteiger partial charge in [-0.15, -0.1) is 0 Å². The maximum absolute atomic E-state index is 12.0. The molecule has 0 aliphatic rings. The van der Waals surface area contributed by atoms with Gasteiger partial charge in [-0.2, -0.15) is 0 Å². The Kier molecular flexibility index (Phi) is 5.14. The Balaban J connectivity index is 3.43. The molecule has 0 saturated carbocycles. The predicted octanol–water partition coefficient (Wildman–Crippen LogP) is 0.894. The van der Waals surface area contributed by atoms with Gasteiger partial charge in [0, 0.05) is 0 Å². The molecular weight excluding hydrogens is 168 g/mol. The van der Waals surface area contributed by atoms with Gasteiger partial charge in [0.15, 0.2) is 12.5 Å². The Morgan fingerprint density at radius 3 is 2.18 bits per heavy atom. The van der Waals surface area contributed by atoms with Crippen LogP contribution in [0.15, 0.2) is 0 Å². The lowest BCUT2D eigenvalue weighted by atomic mass is 10.4. The summed E-state index contributed by atoms with van der Waals surface area (Å²) in [5.74, 6) is 0. The van der Waals surface area contributed by atoms with E-state index in [1.807, 2.05) is 0 Å². The van der Waals surface area contributed by atoms with Crippen molar-refractivity contribution in [3.8, 4) is 0 Å². The Bertz CT molecular complexity index is 100. The predicted molar refractivity (Wildman–Crippen MR) is 28.8 cm³/mol. The van der Waals surface area contributed by atoms with Crippen LogP contribution in [0, 0.1) is 0 Å². The van der Waals surface area contributed by atoms with Crippen LogP contribution in [0.5, 0.6) is 0 Å². The number of hydrogen-bond donors (Lipinski definition) is 1. The number of halogens is 4. The first-order chi connectivity index (χ1) is 5.07. The molecule has 0 amide bonds. The first kappa shape index (κ1) is 10.6. The monoisotopic (exact) mass is 176 g/mol. The van der Waals surface area contributed by atoms with E-state index in [0.29, 0.717) is 0 Å². The third kappa shape index (κ3) is 4.97. The average molecular weight is 176 g/mol. The fourth-order valence-corrected chi connectivity index (χ4v) is 0.352. The minimum Gasteiger partial charge on any atom is -0.366 e. The molecule has 68 valence electrons. The number of ether oxygens (including phenoxy) is 1. The molecular formula is C5H8F4O2. The smallest absolute Gasteiger partial charge is 0.261 e. The summed E-state index contributed by atoms with van der Waals surface area (Å²) >= 11 is 0. The highest BCUT2D eigenvalue weighted by atomic mass is 19.3. The van der Waals surface area contributed by atoms with Crippen molar-refractivity contribution in [3.63, 3.8) is 0 Å². The molecule has 0 aliphatic heterocycles. The quantitative estimate of drug-likeness (QED) is 0.498. The third-order valence-electron chi connectivity index (χ3n) is 0.850. The van der Waals surface area contributed by atoms with Crippen molar-refractivity contribution in [3.05, 3.63) is 0 Å². The summed E-state index contributed by atoms with van der Waals surface area (Å²) in [6.07, 6.45) is -7.15. The Labute approximate surface area is 60.8 Å². The summed E-state index contributed by atoms with van der Waals surface area (Å²) in [6, 6.07) is 0. The standard InChI is InChI=1S/C5H8F4O2/c6-1-3(7)5(10)11-2-4(8)9/h3-5,10H,1-2H2. The summed E-state index contributed by atoms with van der Waals surface area (Å²) < 4.78 is 49.8. The van der Waals surface area contributed by atoms with Crippen LogP contribution in [0.2, 0.25) is 0 Å². The van der Waals surface area contributed by atoms with Crippen LogP contribution in [0.4, 0.5) is 17.6 Å². The molecule has 0 aromatic heterocycles. The van der Waals surface area contributed by atoms with E-state index in [1.54, 1.807) is 0 Å². The van der Waals surface area contributed by atoms with Gasteiger partial charge in [-0.25, -0.2) is 17.6 Å². The van der Waals surface area contributed by atoms with Crippen molar-refractivity contribution < 1.29 is 27.4 Å². The van der Waals surface area contributed by atoms with E-state index >= 15 is 0 Å². The van der Waals surface area contributed by atoms with Crippen molar-refractivity contribution >= 4 is 0 Å². The molecule has 0 fully saturated rings. The second-order valence-electron chi connectivity index (χ2n) is 1.79. The van der Waals surface area contributed by atoms with E-state index in [-0.39, 0.29) is 0 Å². The first-order valence-electron chi connectivity index (χ1n) is 2.85. The van der Waals surface area contributed by atoms with Crippen molar-refractivity contribution in [1.82, 2.24) is 0 Å². The van der Waals surface area contributed by atoms with Crippen molar-refractivity contribution in [2.24, 2.45) is 0 Å². The van der Waals surface area contributed by atoms with Crippen LogP contribution in [-0.2, 0) is 4.74 Å². The minimum atomic E-state index is -2.79. The van der Waals surface area contributed by atoms with Gasteiger partial charge in [0.05, 0.1) is 0 Å². The highest BCUT2D eigenvalue weighted by Crippen LogP contribution is 2.03. The van der Waals surface area contributed by atoms with Gasteiger partial charge < -0.3 is 9.84 Å². The molecule has 1 N–H and O–H groups in total. The van der Waals surface area contributed by atoms with Crippen LogP contribution in [0.25, 0.3) is 0 Å². The zero-order valence-corrected chi connectivity index (χ0v) is 5.51. The molecule has 0 heterocycles. The molecule has 0 radical (unpaired) electrons. The molecule has 0 aromatic rings. The number of hydrogen-bond acceptors (Lipinski definition) is 2. The minimum absolute atomic E-state index is 1.10. The fourth-order valence-electron chi connectivity index (χ4n) is 0.352. The van der Waals surface area contributed by atoms with E-state index in [1.165, 1.54) is 0 Å². The number of aliphatic hydroxyl groups excluding tert-OH is 1. The number of rotatable bonds is 5. The fraction of sp³-hybridized carbons (Fsp3) is 1.00. The average Bonchev–Trinajstić information content (AvgIpc) is 1.98. The van der Waals surface area contributed by atoms with E-state index in [2.05, 4.69) is 4.74 Å². The summed E-state index contributed by atoms with van der Waals surface area (Å²) in [6.45, 7) is -2.55.